The summed E-state index contributed by atoms with van der Waals surface area (Å²) in [5.74, 6) is -0.222. The van der Waals surface area contributed by atoms with E-state index in [4.69, 9.17) is 25.3 Å². The van der Waals surface area contributed by atoms with E-state index in [-0.39, 0.29) is 34.1 Å². The van der Waals surface area contributed by atoms with Crippen LogP contribution in [-0.2, 0) is 18.3 Å². The molecule has 0 aliphatic carbocycles. The second-order valence-corrected chi connectivity index (χ2v) is 13.4. The number of alkyl halides is 1. The van der Waals surface area contributed by atoms with Crippen molar-refractivity contribution in [1.29, 1.82) is 0 Å². The van der Waals surface area contributed by atoms with Crippen molar-refractivity contribution < 1.29 is 38.1 Å². The highest BCUT2D eigenvalue weighted by Crippen LogP contribution is 2.59. The predicted molar refractivity (Wildman–Crippen MR) is 144 cm³/mol. The number of thioether (sulfide) groups is 1. The number of aliphatic hydroxyl groups is 3. The van der Waals surface area contributed by atoms with E-state index < -0.39 is 73.0 Å². The lowest BCUT2D eigenvalue weighted by Crippen LogP contribution is -2.35. The summed E-state index contributed by atoms with van der Waals surface area (Å²) in [6.07, 6.45) is -8.31. The maximum atomic E-state index is 15.1. The molecule has 0 aromatic carbocycles. The Morgan fingerprint density at radius 3 is 2.67 bits per heavy atom. The first-order chi connectivity index (χ1) is 20.0. The Hall–Kier alpha value is -3.02. The van der Waals surface area contributed by atoms with E-state index in [0.29, 0.717) is 0 Å². The van der Waals surface area contributed by atoms with Crippen LogP contribution in [0.4, 0.5) is 16.2 Å². The number of aliphatic hydroxyl groups excluding tert-OH is 3. The molecular weight excluding hydrogens is 626 g/mol. The van der Waals surface area contributed by atoms with Crippen LogP contribution < -0.4 is 17.0 Å². The molecular formula is C18H22FN12O8PS2. The highest BCUT2D eigenvalue weighted by atomic mass is 32.7. The van der Waals surface area contributed by atoms with Crippen molar-refractivity contribution in [3.63, 3.8) is 0 Å². The molecule has 9 atom stereocenters. The van der Waals surface area contributed by atoms with Crippen molar-refractivity contribution in [3.05, 3.63) is 16.7 Å². The van der Waals surface area contributed by atoms with E-state index in [1.807, 2.05) is 0 Å². The van der Waals surface area contributed by atoms with Gasteiger partial charge in [-0.1, -0.05) is 22.7 Å². The van der Waals surface area contributed by atoms with Gasteiger partial charge in [0.25, 0.3) is 5.56 Å². The smallest absolute Gasteiger partial charge is 0.386 e. The van der Waals surface area contributed by atoms with Crippen LogP contribution in [0.2, 0.25) is 0 Å². The van der Waals surface area contributed by atoms with E-state index in [1.165, 1.54) is 0 Å². The summed E-state index contributed by atoms with van der Waals surface area (Å²) in [4.78, 5) is 26.2. The van der Waals surface area contributed by atoms with Gasteiger partial charge < -0.3 is 31.5 Å². The average Bonchev–Trinajstić information content (AvgIpc) is 3.69. The number of hydrogen-bond donors (Lipinski definition) is 7. The molecule has 0 bridgehead atoms. The van der Waals surface area contributed by atoms with Crippen molar-refractivity contribution in [2.45, 2.75) is 47.4 Å². The number of rotatable bonds is 8. The number of nitrogens with zero attached hydrogens (tertiary/aromatic N) is 9. The minimum atomic E-state index is -4.38. The van der Waals surface area contributed by atoms with Crippen LogP contribution in [0.5, 0.6) is 0 Å². The Bertz CT molecular complexity index is 1740. The van der Waals surface area contributed by atoms with Gasteiger partial charge in [-0.2, -0.15) is 9.67 Å². The maximum absolute atomic E-state index is 15.1. The van der Waals surface area contributed by atoms with E-state index in [0.717, 1.165) is 27.5 Å². The fourth-order valence-electron chi connectivity index (χ4n) is 4.55. The van der Waals surface area contributed by atoms with Crippen LogP contribution in [0.15, 0.2) is 11.1 Å². The molecule has 0 radical (unpaired) electrons. The van der Waals surface area contributed by atoms with E-state index >= 15 is 4.39 Å². The molecule has 20 nitrogen and oxygen atoms in total. The topological polar surface area (TPSA) is 290 Å². The molecule has 24 heteroatoms. The quantitative estimate of drug-likeness (QED) is 0.0796. The highest BCUT2D eigenvalue weighted by Gasteiger charge is 2.50. The van der Waals surface area contributed by atoms with Gasteiger partial charge in [0.15, 0.2) is 40.5 Å². The normalized spacial score (nSPS) is 31.3. The predicted octanol–water partition coefficient (Wildman–Crippen LogP) is -2.08. The van der Waals surface area contributed by atoms with Crippen LogP contribution in [0, 0.1) is 0 Å². The molecule has 0 amide bonds. The zero-order chi connectivity index (χ0) is 29.9. The number of hydrogen-bond acceptors (Lipinski definition) is 18. The van der Waals surface area contributed by atoms with Crippen LogP contribution in [0.3, 0.4) is 0 Å². The Kier molecular flexibility index (Phi) is 7.55. The second kappa shape index (κ2) is 10.9. The Morgan fingerprint density at radius 2 is 1.90 bits per heavy atom. The monoisotopic (exact) mass is 648 g/mol. The maximum Gasteiger partial charge on any atom is 0.386 e. The summed E-state index contributed by atoms with van der Waals surface area (Å²) in [5.41, 5.74) is 10.7. The van der Waals surface area contributed by atoms with Gasteiger partial charge in [0.2, 0.25) is 5.95 Å². The number of aromatic amines is 1. The molecule has 2 aliphatic rings. The minimum absolute atomic E-state index is 0.00666. The highest BCUT2D eigenvalue weighted by molar-refractivity contribution is 8.44. The summed E-state index contributed by atoms with van der Waals surface area (Å²) in [6, 6.07) is 0. The molecule has 8 N–H and O–H groups in total. The molecule has 6 heterocycles. The first-order valence-corrected chi connectivity index (χ1v) is 15.6. The lowest BCUT2D eigenvalue weighted by atomic mass is 10.1. The molecule has 42 heavy (non-hydrogen) atoms. The average molecular weight is 649 g/mol. The van der Waals surface area contributed by atoms with Gasteiger partial charge in [0, 0.05) is 0 Å². The van der Waals surface area contributed by atoms with Gasteiger partial charge in [0.05, 0.1) is 24.6 Å². The first kappa shape index (κ1) is 29.1. The molecule has 2 saturated heterocycles. The SMILES string of the molecule is Nc1nc2c(nnn2[C@@H]2S[C@H](CO)[C@@H](O)[C@H]2OP(=O)(S)OC[C@H]2O[C@@H](n3nnc4c(N)ncnc43)[C@@H](F)[C@@H]2O)c(=O)[nH]1. The fraction of sp³-hybridized carbons (Fsp3) is 0.556. The third-order valence-corrected chi connectivity index (χ3v) is 9.71. The molecule has 2 aliphatic heterocycles. The second-order valence-electron chi connectivity index (χ2n) is 9.20. The van der Waals surface area contributed by atoms with Crippen molar-refractivity contribution in [1.82, 2.24) is 49.9 Å². The number of anilines is 2. The van der Waals surface area contributed by atoms with Gasteiger partial charge in [-0.05, 0) is 0 Å². The third-order valence-electron chi connectivity index (χ3n) is 6.57. The van der Waals surface area contributed by atoms with Crippen molar-refractivity contribution in [3.8, 4) is 0 Å². The lowest BCUT2D eigenvalue weighted by Gasteiger charge is -2.25. The van der Waals surface area contributed by atoms with Crippen molar-refractivity contribution in [2.75, 3.05) is 24.7 Å². The zero-order valence-corrected chi connectivity index (χ0v) is 23.5. The van der Waals surface area contributed by atoms with Gasteiger partial charge in [-0.25, -0.2) is 23.6 Å². The molecule has 0 saturated carbocycles. The third kappa shape index (κ3) is 4.99. The molecule has 1 unspecified atom stereocenters. The first-order valence-electron chi connectivity index (χ1n) is 12.0. The summed E-state index contributed by atoms with van der Waals surface area (Å²) in [6.45, 7) is -5.54. The Balaban J connectivity index is 1.19. The van der Waals surface area contributed by atoms with E-state index in [2.05, 4.69) is 52.8 Å². The standard InChI is InChI=1S/C18H22FN12O8PS2/c19-6-9(33)4(38-16(6)30-13-7(26-28-30)12(20)22-3-23-13)2-37-40(36,41)39-11-10(34)5(1-32)42-17(11)31-14-8(27-29-31)15(35)25-18(21)24-14/h3-6,9-11,16-17,32-34H,1-2H2,(H,36,41)(H2,20,22,23)(H3,21,24,25,35)/t4-,5-,6+,9-,10-,11-,16-,17-,40?/m1/s1. The van der Waals surface area contributed by atoms with Crippen LogP contribution in [0.25, 0.3) is 22.3 Å². The number of aromatic nitrogens is 10. The Labute approximate surface area is 241 Å². The summed E-state index contributed by atoms with van der Waals surface area (Å²) in [5, 5.41) is 44.5. The van der Waals surface area contributed by atoms with Gasteiger partial charge in [-0.15, -0.1) is 22.0 Å². The van der Waals surface area contributed by atoms with Crippen LogP contribution in [-0.4, -0.2) is 114 Å². The molecule has 6 rings (SSSR count). The molecule has 4 aromatic rings. The van der Waals surface area contributed by atoms with Gasteiger partial charge >= 0.3 is 6.80 Å². The number of thiol groups is 1. The molecule has 226 valence electrons. The van der Waals surface area contributed by atoms with Crippen molar-refractivity contribution >= 4 is 64.9 Å². The number of H-pyrrole nitrogens is 1. The summed E-state index contributed by atoms with van der Waals surface area (Å²) < 4.78 is 46.9. The molecule has 4 aromatic heterocycles. The number of nitrogen functional groups attached to an aromatic ring is 2. The zero-order valence-electron chi connectivity index (χ0n) is 20.9. The van der Waals surface area contributed by atoms with E-state index in [1.54, 1.807) is 0 Å². The number of nitrogens with one attached hydrogen (secondary N) is 1. The number of ether oxygens (including phenoxy) is 1. The fourth-order valence-corrected chi connectivity index (χ4v) is 7.49. The van der Waals surface area contributed by atoms with Crippen LogP contribution >= 0.6 is 30.8 Å². The van der Waals surface area contributed by atoms with Gasteiger partial charge in [-0.3, -0.25) is 18.8 Å². The summed E-state index contributed by atoms with van der Waals surface area (Å²) in [7, 11) is 0. The Morgan fingerprint density at radius 1 is 1.17 bits per heavy atom. The van der Waals surface area contributed by atoms with Crippen LogP contribution in [0.1, 0.15) is 11.6 Å². The summed E-state index contributed by atoms with van der Waals surface area (Å²) >= 11 is 4.95. The minimum Gasteiger partial charge on any atom is -0.395 e. The largest absolute Gasteiger partial charge is 0.395 e. The van der Waals surface area contributed by atoms with Crippen molar-refractivity contribution in [2.24, 2.45) is 0 Å². The molecule has 0 spiro atoms. The number of nitrogens with two attached hydrogens (primary N) is 2. The van der Waals surface area contributed by atoms with E-state index in [9.17, 15) is 24.7 Å². The lowest BCUT2D eigenvalue weighted by molar-refractivity contribution is -0.0507. The molecule has 2 fully saturated rings. The van der Waals surface area contributed by atoms with Gasteiger partial charge in [0.1, 0.15) is 30.0 Å². The number of halogens is 1. The number of fused-ring (bicyclic) bond motifs is 2.